The van der Waals surface area contributed by atoms with Gasteiger partial charge in [0.15, 0.2) is 5.69 Å². The van der Waals surface area contributed by atoms with Gasteiger partial charge in [0, 0.05) is 12.0 Å². The molecule has 0 radical (unpaired) electrons. The highest BCUT2D eigenvalue weighted by Gasteiger charge is 2.16. The van der Waals surface area contributed by atoms with Crippen molar-refractivity contribution in [1.29, 1.82) is 0 Å². The number of benzene rings is 1. The molecule has 2 rings (SSSR count). The lowest BCUT2D eigenvalue weighted by molar-refractivity contribution is -0.116. The van der Waals surface area contributed by atoms with Gasteiger partial charge in [-0.25, -0.2) is 4.63 Å². The third kappa shape index (κ3) is 2.96. The summed E-state index contributed by atoms with van der Waals surface area (Å²) in [6.07, 6.45) is 1.21. The molecule has 0 saturated carbocycles. The predicted octanol–water partition coefficient (Wildman–Crippen LogP) is 2.79. The molecule has 0 unspecified atom stereocenters. The Labute approximate surface area is 117 Å². The molecule has 0 spiro atoms. The molecular formula is C14H17N3O3. The maximum absolute atomic E-state index is 11.6. The lowest BCUT2D eigenvalue weighted by Crippen LogP contribution is -2.11. The van der Waals surface area contributed by atoms with Crippen LogP contribution in [-0.2, 0) is 4.79 Å². The number of rotatable bonds is 5. The number of methoxy groups -OCH3 is 1. The van der Waals surface area contributed by atoms with Crippen LogP contribution >= 0.6 is 0 Å². The number of amides is 1. The van der Waals surface area contributed by atoms with Crippen molar-refractivity contribution in [2.45, 2.75) is 26.7 Å². The van der Waals surface area contributed by atoms with Gasteiger partial charge in [0.2, 0.25) is 11.7 Å². The average molecular weight is 275 g/mol. The molecule has 1 amide bonds. The second-order valence-electron chi connectivity index (χ2n) is 4.44. The Bertz CT molecular complexity index is 607. The highest BCUT2D eigenvalue weighted by atomic mass is 16.6. The second-order valence-corrected chi connectivity index (χ2v) is 4.44. The molecule has 1 aromatic carbocycles. The molecule has 0 saturated heterocycles. The normalized spacial score (nSPS) is 10.3. The summed E-state index contributed by atoms with van der Waals surface area (Å²) < 4.78 is 9.91. The van der Waals surface area contributed by atoms with Crippen LogP contribution in [0.3, 0.4) is 0 Å². The van der Waals surface area contributed by atoms with E-state index in [0.717, 1.165) is 23.3 Å². The van der Waals surface area contributed by atoms with E-state index in [1.54, 1.807) is 7.11 Å². The van der Waals surface area contributed by atoms with Gasteiger partial charge in [-0.3, -0.25) is 4.79 Å². The Balaban J connectivity index is 2.30. The monoisotopic (exact) mass is 275 g/mol. The van der Waals surface area contributed by atoms with E-state index in [2.05, 4.69) is 15.6 Å². The molecule has 0 atom stereocenters. The largest absolute Gasteiger partial charge is 0.497 e. The van der Waals surface area contributed by atoms with E-state index in [-0.39, 0.29) is 5.91 Å². The fraction of sp³-hybridized carbons (Fsp3) is 0.357. The topological polar surface area (TPSA) is 77.3 Å². The zero-order chi connectivity index (χ0) is 14.5. The first-order valence-electron chi connectivity index (χ1n) is 6.43. The number of nitrogens with one attached hydrogen (secondary N) is 1. The number of aryl methyl sites for hydroxylation is 1. The summed E-state index contributed by atoms with van der Waals surface area (Å²) in [4.78, 5) is 11.6. The first-order chi connectivity index (χ1) is 9.65. The number of hydrogen-bond acceptors (Lipinski definition) is 5. The molecule has 0 aliphatic rings. The van der Waals surface area contributed by atoms with Gasteiger partial charge >= 0.3 is 0 Å². The molecule has 106 valence electrons. The van der Waals surface area contributed by atoms with Crippen molar-refractivity contribution in [3.8, 4) is 17.0 Å². The van der Waals surface area contributed by atoms with Crippen LogP contribution in [0.25, 0.3) is 11.3 Å². The molecule has 20 heavy (non-hydrogen) atoms. The van der Waals surface area contributed by atoms with Gasteiger partial charge in [-0.05, 0) is 47.4 Å². The third-order valence-corrected chi connectivity index (χ3v) is 2.91. The standard InChI is InChI=1S/C14H17N3O3/c1-4-5-12(18)15-14-13(16-20-17-14)11-7-6-10(19-3)8-9(11)2/h6-8H,4-5H2,1-3H3,(H,15,17,18). The van der Waals surface area contributed by atoms with Crippen LogP contribution < -0.4 is 10.1 Å². The van der Waals surface area contributed by atoms with Crippen LogP contribution in [0.5, 0.6) is 5.75 Å². The van der Waals surface area contributed by atoms with Crippen molar-refractivity contribution in [2.24, 2.45) is 0 Å². The predicted molar refractivity (Wildman–Crippen MR) is 74.6 cm³/mol. The molecule has 1 heterocycles. The lowest BCUT2D eigenvalue weighted by atomic mass is 10.1. The van der Waals surface area contributed by atoms with Crippen LogP contribution in [-0.4, -0.2) is 23.3 Å². The highest BCUT2D eigenvalue weighted by Crippen LogP contribution is 2.29. The lowest BCUT2D eigenvalue weighted by Gasteiger charge is -2.07. The molecule has 1 N–H and O–H groups in total. The van der Waals surface area contributed by atoms with Crippen molar-refractivity contribution >= 4 is 11.7 Å². The Hall–Kier alpha value is -2.37. The Morgan fingerprint density at radius 1 is 1.40 bits per heavy atom. The number of anilines is 1. The minimum atomic E-state index is -0.101. The van der Waals surface area contributed by atoms with E-state index in [1.165, 1.54) is 0 Å². The van der Waals surface area contributed by atoms with Gasteiger partial charge in [0.05, 0.1) is 7.11 Å². The minimum absolute atomic E-state index is 0.101. The average Bonchev–Trinajstić information content (AvgIpc) is 2.86. The van der Waals surface area contributed by atoms with Gasteiger partial charge in [-0.15, -0.1) is 0 Å². The van der Waals surface area contributed by atoms with Crippen molar-refractivity contribution in [2.75, 3.05) is 12.4 Å². The zero-order valence-corrected chi connectivity index (χ0v) is 11.8. The van der Waals surface area contributed by atoms with Crippen molar-refractivity contribution in [1.82, 2.24) is 10.3 Å². The van der Waals surface area contributed by atoms with E-state index in [0.29, 0.717) is 17.9 Å². The molecule has 2 aromatic rings. The summed E-state index contributed by atoms with van der Waals surface area (Å²) in [5, 5.41) is 10.3. The summed E-state index contributed by atoms with van der Waals surface area (Å²) in [5.74, 6) is 1.01. The first-order valence-corrected chi connectivity index (χ1v) is 6.43. The maximum atomic E-state index is 11.6. The van der Waals surface area contributed by atoms with Crippen molar-refractivity contribution < 1.29 is 14.2 Å². The summed E-state index contributed by atoms with van der Waals surface area (Å²) in [6.45, 7) is 3.87. The molecule has 0 aliphatic heterocycles. The van der Waals surface area contributed by atoms with Gasteiger partial charge in [-0.2, -0.15) is 0 Å². The maximum Gasteiger partial charge on any atom is 0.225 e. The summed E-state index contributed by atoms with van der Waals surface area (Å²) >= 11 is 0. The third-order valence-electron chi connectivity index (χ3n) is 2.91. The van der Waals surface area contributed by atoms with E-state index < -0.39 is 0 Å². The van der Waals surface area contributed by atoms with Crippen LogP contribution in [0.15, 0.2) is 22.8 Å². The Morgan fingerprint density at radius 2 is 2.20 bits per heavy atom. The molecule has 0 aliphatic carbocycles. The van der Waals surface area contributed by atoms with Crippen LogP contribution in [0.2, 0.25) is 0 Å². The smallest absolute Gasteiger partial charge is 0.225 e. The van der Waals surface area contributed by atoms with E-state index >= 15 is 0 Å². The SMILES string of the molecule is CCCC(=O)Nc1nonc1-c1ccc(OC)cc1C. The van der Waals surface area contributed by atoms with Gasteiger partial charge < -0.3 is 10.1 Å². The number of aromatic nitrogens is 2. The van der Waals surface area contributed by atoms with Crippen molar-refractivity contribution in [3.05, 3.63) is 23.8 Å². The van der Waals surface area contributed by atoms with Crippen LogP contribution in [0.1, 0.15) is 25.3 Å². The molecule has 0 fully saturated rings. The molecule has 0 bridgehead atoms. The van der Waals surface area contributed by atoms with Gasteiger partial charge in [0.1, 0.15) is 5.75 Å². The van der Waals surface area contributed by atoms with E-state index in [4.69, 9.17) is 9.37 Å². The van der Waals surface area contributed by atoms with Gasteiger partial charge in [0.25, 0.3) is 0 Å². The number of carbonyl (C=O) groups is 1. The van der Waals surface area contributed by atoms with Crippen LogP contribution in [0, 0.1) is 6.92 Å². The Kier molecular flexibility index (Phi) is 4.34. The minimum Gasteiger partial charge on any atom is -0.497 e. The number of ether oxygens (including phenoxy) is 1. The quantitative estimate of drug-likeness (QED) is 0.907. The zero-order valence-electron chi connectivity index (χ0n) is 11.8. The number of carbonyl (C=O) groups excluding carboxylic acids is 1. The molecular weight excluding hydrogens is 258 g/mol. The molecule has 1 aromatic heterocycles. The van der Waals surface area contributed by atoms with E-state index in [9.17, 15) is 4.79 Å². The second kappa shape index (κ2) is 6.18. The van der Waals surface area contributed by atoms with Crippen LogP contribution in [0.4, 0.5) is 5.82 Å². The highest BCUT2D eigenvalue weighted by molar-refractivity contribution is 5.93. The summed E-state index contributed by atoms with van der Waals surface area (Å²) in [6, 6.07) is 5.58. The first kappa shape index (κ1) is 14.0. The van der Waals surface area contributed by atoms with Gasteiger partial charge in [-0.1, -0.05) is 6.92 Å². The summed E-state index contributed by atoms with van der Waals surface area (Å²) in [5.41, 5.74) is 2.33. The molecule has 6 nitrogen and oxygen atoms in total. The Morgan fingerprint density at radius 3 is 2.85 bits per heavy atom. The van der Waals surface area contributed by atoms with E-state index in [1.807, 2.05) is 32.0 Å². The van der Waals surface area contributed by atoms with Crippen molar-refractivity contribution in [3.63, 3.8) is 0 Å². The number of hydrogen-bond donors (Lipinski definition) is 1. The fourth-order valence-electron chi connectivity index (χ4n) is 1.90. The fourth-order valence-corrected chi connectivity index (χ4v) is 1.90. The number of nitrogens with zero attached hydrogens (tertiary/aromatic N) is 2. The summed E-state index contributed by atoms with van der Waals surface area (Å²) in [7, 11) is 1.61. The molecule has 6 heteroatoms.